The van der Waals surface area contributed by atoms with Gasteiger partial charge in [-0.25, -0.2) is 0 Å². The standard InChI is InChI=1S/C13H18N2O2/c1-8(2)14-7-11-6-13(17-15-11)12-5-9(3)16-10(12)4/h5-6,8,14H,7H2,1-4H3. The minimum Gasteiger partial charge on any atom is -0.466 e. The van der Waals surface area contributed by atoms with Gasteiger partial charge < -0.3 is 14.3 Å². The summed E-state index contributed by atoms with van der Waals surface area (Å²) in [4.78, 5) is 0. The highest BCUT2D eigenvalue weighted by Gasteiger charge is 2.12. The fraction of sp³-hybridized carbons (Fsp3) is 0.462. The van der Waals surface area contributed by atoms with Gasteiger partial charge in [0.15, 0.2) is 5.76 Å². The lowest BCUT2D eigenvalue weighted by molar-refractivity contribution is 0.416. The molecule has 0 unspecified atom stereocenters. The van der Waals surface area contributed by atoms with Gasteiger partial charge in [-0.3, -0.25) is 0 Å². The van der Waals surface area contributed by atoms with Gasteiger partial charge in [0.05, 0.1) is 11.3 Å². The van der Waals surface area contributed by atoms with Crippen molar-refractivity contribution in [2.24, 2.45) is 0 Å². The number of hydrogen-bond donors (Lipinski definition) is 1. The molecule has 0 amide bonds. The van der Waals surface area contributed by atoms with Crippen molar-refractivity contribution >= 4 is 0 Å². The SMILES string of the molecule is Cc1cc(-c2cc(CNC(C)C)no2)c(C)o1. The second-order valence-corrected chi connectivity index (χ2v) is 4.55. The van der Waals surface area contributed by atoms with Crippen molar-refractivity contribution in [1.29, 1.82) is 0 Å². The molecule has 1 N–H and O–H groups in total. The first-order chi connectivity index (χ1) is 8.06. The normalized spacial score (nSPS) is 11.4. The molecule has 92 valence electrons. The second-order valence-electron chi connectivity index (χ2n) is 4.55. The zero-order valence-corrected chi connectivity index (χ0v) is 10.7. The molecule has 0 aliphatic carbocycles. The van der Waals surface area contributed by atoms with Crippen molar-refractivity contribution in [2.45, 2.75) is 40.3 Å². The number of aryl methyl sites for hydroxylation is 2. The van der Waals surface area contributed by atoms with Gasteiger partial charge >= 0.3 is 0 Å². The van der Waals surface area contributed by atoms with Crippen molar-refractivity contribution in [2.75, 3.05) is 0 Å². The molecule has 17 heavy (non-hydrogen) atoms. The lowest BCUT2D eigenvalue weighted by Crippen LogP contribution is -2.21. The Morgan fingerprint density at radius 3 is 2.65 bits per heavy atom. The van der Waals surface area contributed by atoms with Crippen LogP contribution in [0.25, 0.3) is 11.3 Å². The zero-order chi connectivity index (χ0) is 12.4. The number of rotatable bonds is 4. The van der Waals surface area contributed by atoms with E-state index in [4.69, 9.17) is 8.94 Å². The summed E-state index contributed by atoms with van der Waals surface area (Å²) >= 11 is 0. The molecule has 2 aromatic rings. The van der Waals surface area contributed by atoms with E-state index in [1.807, 2.05) is 26.0 Å². The predicted octanol–water partition coefficient (Wildman–Crippen LogP) is 3.05. The lowest BCUT2D eigenvalue weighted by Gasteiger charge is -2.03. The highest BCUT2D eigenvalue weighted by atomic mass is 16.5. The fourth-order valence-corrected chi connectivity index (χ4v) is 1.71. The first-order valence-corrected chi connectivity index (χ1v) is 5.82. The van der Waals surface area contributed by atoms with E-state index in [0.29, 0.717) is 6.04 Å². The van der Waals surface area contributed by atoms with Crippen LogP contribution >= 0.6 is 0 Å². The minimum absolute atomic E-state index is 0.438. The van der Waals surface area contributed by atoms with Crippen LogP contribution in [-0.4, -0.2) is 11.2 Å². The van der Waals surface area contributed by atoms with Gasteiger partial charge in [0.1, 0.15) is 11.5 Å². The van der Waals surface area contributed by atoms with Crippen LogP contribution in [0.1, 0.15) is 31.1 Å². The molecule has 0 atom stereocenters. The molecule has 4 heteroatoms. The van der Waals surface area contributed by atoms with Crippen LogP contribution in [0.4, 0.5) is 0 Å². The highest BCUT2D eigenvalue weighted by molar-refractivity contribution is 5.60. The van der Waals surface area contributed by atoms with E-state index in [0.717, 1.165) is 35.1 Å². The van der Waals surface area contributed by atoms with Gasteiger partial charge in [0.2, 0.25) is 0 Å². The van der Waals surface area contributed by atoms with Crippen LogP contribution in [0.2, 0.25) is 0 Å². The van der Waals surface area contributed by atoms with E-state index in [9.17, 15) is 0 Å². The van der Waals surface area contributed by atoms with Gasteiger partial charge in [-0.2, -0.15) is 0 Å². The first-order valence-electron chi connectivity index (χ1n) is 5.82. The van der Waals surface area contributed by atoms with Crippen molar-refractivity contribution in [3.05, 3.63) is 29.3 Å². The van der Waals surface area contributed by atoms with E-state index in [1.54, 1.807) is 0 Å². The predicted molar refractivity (Wildman–Crippen MR) is 65.7 cm³/mol. The quantitative estimate of drug-likeness (QED) is 0.883. The molecule has 0 bridgehead atoms. The van der Waals surface area contributed by atoms with E-state index in [-0.39, 0.29) is 0 Å². The zero-order valence-electron chi connectivity index (χ0n) is 10.7. The van der Waals surface area contributed by atoms with Crippen molar-refractivity contribution in [1.82, 2.24) is 10.5 Å². The van der Waals surface area contributed by atoms with E-state index in [1.165, 1.54) is 0 Å². The van der Waals surface area contributed by atoms with Crippen LogP contribution in [0.3, 0.4) is 0 Å². The van der Waals surface area contributed by atoms with Gasteiger partial charge in [0.25, 0.3) is 0 Å². The Morgan fingerprint density at radius 2 is 2.06 bits per heavy atom. The Morgan fingerprint density at radius 1 is 1.29 bits per heavy atom. The molecule has 0 radical (unpaired) electrons. The molecule has 0 saturated heterocycles. The summed E-state index contributed by atoms with van der Waals surface area (Å²) in [5.74, 6) is 2.51. The average molecular weight is 234 g/mol. The maximum absolute atomic E-state index is 5.47. The van der Waals surface area contributed by atoms with Crippen LogP contribution in [0.15, 0.2) is 21.1 Å². The number of aromatic nitrogens is 1. The smallest absolute Gasteiger partial charge is 0.170 e. The van der Waals surface area contributed by atoms with E-state index in [2.05, 4.69) is 24.3 Å². The van der Waals surface area contributed by atoms with E-state index < -0.39 is 0 Å². The maximum Gasteiger partial charge on any atom is 0.170 e. The van der Waals surface area contributed by atoms with Gasteiger partial charge in [-0.1, -0.05) is 19.0 Å². The molecule has 0 aromatic carbocycles. The summed E-state index contributed by atoms with van der Waals surface area (Å²) in [5.41, 5.74) is 1.89. The van der Waals surface area contributed by atoms with Gasteiger partial charge in [-0.05, 0) is 19.9 Å². The molecule has 0 fully saturated rings. The summed E-state index contributed by atoms with van der Waals surface area (Å²) in [6.07, 6.45) is 0. The molecular weight excluding hydrogens is 216 g/mol. The maximum atomic E-state index is 5.47. The summed E-state index contributed by atoms with van der Waals surface area (Å²) in [6, 6.07) is 4.36. The van der Waals surface area contributed by atoms with Crippen LogP contribution in [0, 0.1) is 13.8 Å². The topological polar surface area (TPSA) is 51.2 Å². The first kappa shape index (κ1) is 11.9. The summed E-state index contributed by atoms with van der Waals surface area (Å²) < 4.78 is 10.8. The molecule has 0 aliphatic heterocycles. The summed E-state index contributed by atoms with van der Waals surface area (Å²) in [6.45, 7) is 8.77. The minimum atomic E-state index is 0.438. The van der Waals surface area contributed by atoms with Crippen LogP contribution in [0.5, 0.6) is 0 Å². The third-order valence-electron chi connectivity index (χ3n) is 2.56. The monoisotopic (exact) mass is 234 g/mol. The Bertz CT molecular complexity index is 497. The Hall–Kier alpha value is -1.55. The van der Waals surface area contributed by atoms with Crippen molar-refractivity contribution in [3.8, 4) is 11.3 Å². The van der Waals surface area contributed by atoms with Crippen LogP contribution < -0.4 is 5.32 Å². The van der Waals surface area contributed by atoms with Crippen LogP contribution in [-0.2, 0) is 6.54 Å². The molecular formula is C13H18N2O2. The third kappa shape index (κ3) is 2.77. The average Bonchev–Trinajstić information content (AvgIpc) is 2.82. The third-order valence-corrected chi connectivity index (χ3v) is 2.56. The van der Waals surface area contributed by atoms with E-state index >= 15 is 0 Å². The molecule has 2 aromatic heterocycles. The molecule has 2 heterocycles. The fourth-order valence-electron chi connectivity index (χ4n) is 1.71. The molecule has 2 rings (SSSR count). The largest absolute Gasteiger partial charge is 0.466 e. The lowest BCUT2D eigenvalue weighted by atomic mass is 10.2. The van der Waals surface area contributed by atoms with Crippen molar-refractivity contribution in [3.63, 3.8) is 0 Å². The number of hydrogen-bond acceptors (Lipinski definition) is 4. The Kier molecular flexibility index (Phi) is 3.33. The van der Waals surface area contributed by atoms with Gasteiger partial charge in [0, 0.05) is 18.7 Å². The molecule has 4 nitrogen and oxygen atoms in total. The summed E-state index contributed by atoms with van der Waals surface area (Å²) in [5, 5.41) is 7.34. The number of nitrogens with one attached hydrogen (secondary N) is 1. The Balaban J connectivity index is 2.15. The number of nitrogens with zero attached hydrogens (tertiary/aromatic N) is 1. The Labute approximate surface area is 101 Å². The molecule has 0 saturated carbocycles. The molecule has 0 spiro atoms. The number of furan rings is 1. The highest BCUT2D eigenvalue weighted by Crippen LogP contribution is 2.26. The molecule has 0 aliphatic rings. The van der Waals surface area contributed by atoms with Crippen molar-refractivity contribution < 1.29 is 8.94 Å². The summed E-state index contributed by atoms with van der Waals surface area (Å²) in [7, 11) is 0. The second kappa shape index (κ2) is 4.75. The van der Waals surface area contributed by atoms with Gasteiger partial charge in [-0.15, -0.1) is 0 Å².